The highest BCUT2D eigenvalue weighted by atomic mass is 32.2. The van der Waals surface area contributed by atoms with Crippen molar-refractivity contribution in [1.29, 1.82) is 0 Å². The van der Waals surface area contributed by atoms with Crippen molar-refractivity contribution in [3.8, 4) is 0 Å². The largest absolute Gasteiger partial charge is 0.390 e. The lowest BCUT2D eigenvalue weighted by Crippen LogP contribution is -2.52. The van der Waals surface area contributed by atoms with Crippen LogP contribution in [0, 0.1) is 23.7 Å². The topological polar surface area (TPSA) is 136 Å². The molecule has 2 amide bonds. The summed E-state index contributed by atoms with van der Waals surface area (Å²) in [5.74, 6) is -1.97. The molecule has 0 aliphatic heterocycles. The maximum Gasteiger partial charge on any atom is 0.224 e. The van der Waals surface area contributed by atoms with Crippen LogP contribution < -0.4 is 10.6 Å². The molecule has 5 atom stereocenters. The first kappa shape index (κ1) is 37.9. The highest BCUT2D eigenvalue weighted by Crippen LogP contribution is 2.29. The number of nitrogens with zero attached hydrogens (tertiary/aromatic N) is 1. The average molecular weight is 660 g/mol. The zero-order valence-electron chi connectivity index (χ0n) is 28.5. The van der Waals surface area contributed by atoms with Crippen molar-refractivity contribution in [2.75, 3.05) is 38.7 Å². The molecule has 0 heterocycles. The number of fused-ring (bicyclic) bond motifs is 1. The maximum atomic E-state index is 13.6. The van der Waals surface area contributed by atoms with E-state index in [1.807, 2.05) is 70.4 Å². The Morgan fingerprint density at radius 2 is 1.63 bits per heavy atom. The SMILES string of the molecule is CC(C)C[C@H](O)[C@H](O)[C@H](CC1CCCCC1)NC(=O)[C@H](C)CNC(=O)[C@H](Cc1cccc2ccccc12)CS(=O)(=O)CCN(C)C. The van der Waals surface area contributed by atoms with Crippen molar-refractivity contribution in [3.05, 3.63) is 48.0 Å². The van der Waals surface area contributed by atoms with E-state index < -0.39 is 45.8 Å². The molecule has 1 aliphatic rings. The van der Waals surface area contributed by atoms with Gasteiger partial charge in [-0.15, -0.1) is 0 Å². The molecule has 258 valence electrons. The molecule has 0 unspecified atom stereocenters. The standard InChI is InChI=1S/C36H57N3O6S/c1-25(2)20-33(40)34(41)32(21-27-12-7-6-8-13-27)38-35(42)26(3)23-37-36(43)30(24-46(44,45)19-18-39(4)5)22-29-16-11-15-28-14-9-10-17-31(28)29/h9-11,14-17,25-27,30,32-34,40-41H,6-8,12-13,18-24H2,1-5H3,(H,37,43)(H,38,42)/t26-,30-,32+,33+,34-/m1/s1. The lowest BCUT2D eigenvalue weighted by atomic mass is 9.82. The lowest BCUT2D eigenvalue weighted by Gasteiger charge is -2.33. The van der Waals surface area contributed by atoms with Gasteiger partial charge in [0.25, 0.3) is 0 Å². The summed E-state index contributed by atoms with van der Waals surface area (Å²) in [6.45, 7) is 6.06. The Balaban J connectivity index is 1.71. The molecule has 46 heavy (non-hydrogen) atoms. The quantitative estimate of drug-likeness (QED) is 0.190. The molecule has 0 spiro atoms. The van der Waals surface area contributed by atoms with Gasteiger partial charge in [0.2, 0.25) is 11.8 Å². The molecule has 10 heteroatoms. The van der Waals surface area contributed by atoms with Gasteiger partial charge in [0.05, 0.1) is 35.5 Å². The van der Waals surface area contributed by atoms with Gasteiger partial charge in [0.15, 0.2) is 9.84 Å². The minimum Gasteiger partial charge on any atom is -0.390 e. The molecule has 2 aromatic rings. The van der Waals surface area contributed by atoms with E-state index in [9.17, 15) is 28.2 Å². The van der Waals surface area contributed by atoms with Crippen LogP contribution in [0.1, 0.15) is 71.3 Å². The third kappa shape index (κ3) is 12.2. The van der Waals surface area contributed by atoms with Crippen LogP contribution in [0.5, 0.6) is 0 Å². The number of aliphatic hydroxyl groups is 2. The fraction of sp³-hybridized carbons (Fsp3) is 0.667. The number of sulfone groups is 1. The summed E-state index contributed by atoms with van der Waals surface area (Å²) >= 11 is 0. The van der Waals surface area contributed by atoms with Crippen molar-refractivity contribution in [2.45, 2.75) is 90.4 Å². The van der Waals surface area contributed by atoms with Crippen molar-refractivity contribution >= 4 is 32.4 Å². The van der Waals surface area contributed by atoms with Crippen LogP contribution in [0.25, 0.3) is 10.8 Å². The van der Waals surface area contributed by atoms with Gasteiger partial charge in [-0.3, -0.25) is 9.59 Å². The van der Waals surface area contributed by atoms with E-state index >= 15 is 0 Å². The summed E-state index contributed by atoms with van der Waals surface area (Å²) in [4.78, 5) is 28.8. The van der Waals surface area contributed by atoms with Crippen LogP contribution in [0.2, 0.25) is 0 Å². The molecule has 1 fully saturated rings. The number of hydrogen-bond acceptors (Lipinski definition) is 7. The molecule has 0 saturated heterocycles. The molecule has 9 nitrogen and oxygen atoms in total. The van der Waals surface area contributed by atoms with Gasteiger partial charge in [-0.1, -0.05) is 95.3 Å². The van der Waals surface area contributed by atoms with Crippen LogP contribution in [0.3, 0.4) is 0 Å². The molecule has 2 aromatic carbocycles. The molecular formula is C36H57N3O6S. The highest BCUT2D eigenvalue weighted by molar-refractivity contribution is 7.91. The second-order valence-electron chi connectivity index (χ2n) is 14.1. The molecule has 1 aliphatic carbocycles. The summed E-state index contributed by atoms with van der Waals surface area (Å²) in [5, 5.41) is 29.7. The highest BCUT2D eigenvalue weighted by Gasteiger charge is 2.33. The first-order chi connectivity index (χ1) is 21.8. The Kier molecular flexibility index (Phi) is 14.9. The van der Waals surface area contributed by atoms with Crippen molar-refractivity contribution in [2.24, 2.45) is 23.7 Å². The summed E-state index contributed by atoms with van der Waals surface area (Å²) in [6, 6.07) is 13.1. The number of carbonyl (C=O) groups is 2. The van der Waals surface area contributed by atoms with Crippen LogP contribution in [-0.2, 0) is 25.8 Å². The van der Waals surface area contributed by atoms with Crippen molar-refractivity contribution in [3.63, 3.8) is 0 Å². The Hall–Kier alpha value is -2.53. The van der Waals surface area contributed by atoms with Gasteiger partial charge in [-0.25, -0.2) is 8.42 Å². The molecule has 0 bridgehead atoms. The van der Waals surface area contributed by atoms with E-state index in [1.165, 1.54) is 6.42 Å². The zero-order chi connectivity index (χ0) is 33.9. The first-order valence-electron chi connectivity index (χ1n) is 17.0. The van der Waals surface area contributed by atoms with E-state index in [0.29, 0.717) is 25.3 Å². The van der Waals surface area contributed by atoms with Crippen LogP contribution >= 0.6 is 0 Å². The van der Waals surface area contributed by atoms with Crippen LogP contribution in [0.4, 0.5) is 0 Å². The van der Waals surface area contributed by atoms with Gasteiger partial charge in [-0.2, -0.15) is 0 Å². The normalized spacial score (nSPS) is 17.8. The van der Waals surface area contributed by atoms with E-state index in [1.54, 1.807) is 11.8 Å². The Labute approximate surface area is 276 Å². The molecule has 4 N–H and O–H groups in total. The number of nitrogens with one attached hydrogen (secondary N) is 2. The third-order valence-electron chi connectivity index (χ3n) is 9.21. The van der Waals surface area contributed by atoms with Crippen molar-refractivity contribution < 1.29 is 28.2 Å². The van der Waals surface area contributed by atoms with Gasteiger partial charge < -0.3 is 25.7 Å². The molecule has 1 saturated carbocycles. The van der Waals surface area contributed by atoms with Gasteiger partial charge in [-0.05, 0) is 61.5 Å². The van der Waals surface area contributed by atoms with E-state index in [4.69, 9.17) is 0 Å². The number of carbonyl (C=O) groups excluding carboxylic acids is 2. The molecular weight excluding hydrogens is 602 g/mol. The van der Waals surface area contributed by atoms with E-state index in [-0.39, 0.29) is 36.3 Å². The zero-order valence-corrected chi connectivity index (χ0v) is 29.3. The minimum absolute atomic E-state index is 0.0231. The monoisotopic (exact) mass is 659 g/mol. The smallest absolute Gasteiger partial charge is 0.224 e. The predicted molar refractivity (Wildman–Crippen MR) is 185 cm³/mol. The average Bonchev–Trinajstić information content (AvgIpc) is 3.01. The number of hydrogen-bond donors (Lipinski definition) is 4. The van der Waals surface area contributed by atoms with Crippen LogP contribution in [-0.4, -0.2) is 92.3 Å². The summed E-state index contributed by atoms with van der Waals surface area (Å²) in [5.41, 5.74) is 0.895. The lowest BCUT2D eigenvalue weighted by molar-refractivity contribution is -0.128. The minimum atomic E-state index is -3.54. The molecule has 0 aromatic heterocycles. The second-order valence-corrected chi connectivity index (χ2v) is 16.4. The second kappa shape index (κ2) is 18.1. The fourth-order valence-electron chi connectivity index (χ4n) is 6.45. The van der Waals surface area contributed by atoms with E-state index in [0.717, 1.165) is 42.0 Å². The Bertz CT molecular complexity index is 1350. The predicted octanol–water partition coefficient (Wildman–Crippen LogP) is 3.95. The number of aliphatic hydroxyl groups excluding tert-OH is 2. The van der Waals surface area contributed by atoms with Crippen molar-refractivity contribution in [1.82, 2.24) is 15.5 Å². The third-order valence-corrected chi connectivity index (χ3v) is 10.9. The maximum absolute atomic E-state index is 13.6. The van der Waals surface area contributed by atoms with Gasteiger partial charge in [0, 0.05) is 13.1 Å². The molecule has 3 rings (SSSR count). The summed E-state index contributed by atoms with van der Waals surface area (Å²) < 4.78 is 26.2. The summed E-state index contributed by atoms with van der Waals surface area (Å²) in [6.07, 6.45) is 4.77. The Morgan fingerprint density at radius 3 is 2.30 bits per heavy atom. The van der Waals surface area contributed by atoms with Crippen LogP contribution in [0.15, 0.2) is 42.5 Å². The van der Waals surface area contributed by atoms with E-state index in [2.05, 4.69) is 10.6 Å². The Morgan fingerprint density at radius 1 is 0.957 bits per heavy atom. The first-order valence-corrected chi connectivity index (χ1v) is 18.8. The van der Waals surface area contributed by atoms with Gasteiger partial charge in [0.1, 0.15) is 6.10 Å². The number of amides is 2. The number of rotatable bonds is 18. The van der Waals surface area contributed by atoms with Gasteiger partial charge >= 0.3 is 0 Å². The number of benzene rings is 2. The fourth-order valence-corrected chi connectivity index (χ4v) is 8.14. The molecule has 0 radical (unpaired) electrons. The summed E-state index contributed by atoms with van der Waals surface area (Å²) in [7, 11) is 0.0840.